The third-order valence-corrected chi connectivity index (χ3v) is 4.73. The van der Waals surface area contributed by atoms with Crippen LogP contribution in [0.15, 0.2) is 54.6 Å². The van der Waals surface area contributed by atoms with Gasteiger partial charge in [-0.1, -0.05) is 58.4 Å². The molecule has 2 nitrogen and oxygen atoms in total. The van der Waals surface area contributed by atoms with E-state index in [-0.39, 0.29) is 0 Å². The minimum absolute atomic E-state index is 0.485. The fourth-order valence-corrected chi connectivity index (χ4v) is 3.08. The van der Waals surface area contributed by atoms with E-state index >= 15 is 0 Å². The number of rotatable bonds is 6. The lowest BCUT2D eigenvalue weighted by molar-refractivity contribution is 0.414. The van der Waals surface area contributed by atoms with Crippen molar-refractivity contribution in [2.75, 3.05) is 12.4 Å². The van der Waals surface area contributed by atoms with Crippen LogP contribution in [0.4, 0.5) is 0 Å². The molecule has 0 bridgehead atoms. The van der Waals surface area contributed by atoms with Crippen LogP contribution in [0.3, 0.4) is 0 Å². The maximum atomic E-state index is 9.69. The summed E-state index contributed by atoms with van der Waals surface area (Å²) in [7, 11) is 1.66. The molecule has 0 amide bonds. The van der Waals surface area contributed by atoms with Gasteiger partial charge in [0.1, 0.15) is 5.75 Å². The topological polar surface area (TPSA) is 33.0 Å². The summed E-state index contributed by atoms with van der Waals surface area (Å²) >= 11 is 3.52. The van der Waals surface area contributed by atoms with Crippen molar-refractivity contribution in [3.8, 4) is 11.8 Å². The van der Waals surface area contributed by atoms with E-state index in [4.69, 9.17) is 4.74 Å². The molecule has 0 N–H and O–H groups in total. The number of methoxy groups -OCH3 is 1. The van der Waals surface area contributed by atoms with Crippen LogP contribution in [0.25, 0.3) is 0 Å². The first kappa shape index (κ1) is 15.6. The number of aryl methyl sites for hydroxylation is 1. The molecule has 0 spiro atoms. The lowest BCUT2D eigenvalue weighted by atomic mass is 9.79. The Kier molecular flexibility index (Phi) is 5.41. The summed E-state index contributed by atoms with van der Waals surface area (Å²) in [5.41, 5.74) is 1.80. The Bertz CT molecular complexity index is 603. The molecule has 3 heteroatoms. The molecule has 2 rings (SSSR count). The summed E-state index contributed by atoms with van der Waals surface area (Å²) in [5, 5.41) is 10.3. The fraction of sp³-hybridized carbons (Fsp3) is 0.278. The van der Waals surface area contributed by atoms with Crippen LogP contribution in [0.1, 0.15) is 17.5 Å². The van der Waals surface area contributed by atoms with Gasteiger partial charge in [-0.05, 0) is 36.1 Å². The van der Waals surface area contributed by atoms with E-state index in [0.29, 0.717) is 5.33 Å². The molecule has 1 atom stereocenters. The average Bonchev–Trinajstić information content (AvgIpc) is 2.58. The molecular weight excluding hydrogens is 326 g/mol. The molecule has 108 valence electrons. The van der Waals surface area contributed by atoms with Crippen molar-refractivity contribution in [3.05, 3.63) is 65.7 Å². The standard InChI is InChI=1S/C18H18BrNO/c1-21-17-9-7-15(8-10-17)11-12-18(13-19,14-20)16-5-3-2-4-6-16/h2-10H,11-13H2,1H3. The van der Waals surface area contributed by atoms with Gasteiger partial charge in [-0.3, -0.25) is 0 Å². The molecule has 0 fully saturated rings. The first-order chi connectivity index (χ1) is 10.2. The number of alkyl halides is 1. The molecule has 0 aliphatic rings. The highest BCUT2D eigenvalue weighted by atomic mass is 79.9. The number of nitriles is 1. The maximum Gasteiger partial charge on any atom is 0.118 e. The van der Waals surface area contributed by atoms with Gasteiger partial charge in [0.2, 0.25) is 0 Å². The zero-order valence-corrected chi connectivity index (χ0v) is 13.6. The number of nitrogens with zero attached hydrogens (tertiary/aromatic N) is 1. The third-order valence-electron chi connectivity index (χ3n) is 3.77. The van der Waals surface area contributed by atoms with Crippen LogP contribution >= 0.6 is 15.9 Å². The number of benzene rings is 2. The monoisotopic (exact) mass is 343 g/mol. The molecular formula is C18H18BrNO. The zero-order valence-electron chi connectivity index (χ0n) is 12.1. The molecule has 21 heavy (non-hydrogen) atoms. The SMILES string of the molecule is COc1ccc(CCC(C#N)(CBr)c2ccccc2)cc1. The maximum absolute atomic E-state index is 9.69. The highest BCUT2D eigenvalue weighted by Gasteiger charge is 2.30. The van der Waals surface area contributed by atoms with Crippen LogP contribution in [-0.4, -0.2) is 12.4 Å². The molecule has 2 aromatic rings. The van der Waals surface area contributed by atoms with Gasteiger partial charge in [-0.2, -0.15) is 5.26 Å². The Labute approximate surface area is 134 Å². The highest BCUT2D eigenvalue weighted by Crippen LogP contribution is 2.31. The quantitative estimate of drug-likeness (QED) is 0.724. The van der Waals surface area contributed by atoms with Crippen molar-refractivity contribution in [3.63, 3.8) is 0 Å². The van der Waals surface area contributed by atoms with Gasteiger partial charge >= 0.3 is 0 Å². The second kappa shape index (κ2) is 7.28. The minimum atomic E-state index is -0.485. The molecule has 0 aliphatic carbocycles. The Morgan fingerprint density at radius 3 is 2.29 bits per heavy atom. The normalized spacial score (nSPS) is 13.2. The summed E-state index contributed by atoms with van der Waals surface area (Å²) in [4.78, 5) is 0. The smallest absolute Gasteiger partial charge is 0.118 e. The number of ether oxygens (including phenoxy) is 1. The van der Waals surface area contributed by atoms with Crippen molar-refractivity contribution < 1.29 is 4.74 Å². The predicted molar refractivity (Wildman–Crippen MR) is 88.8 cm³/mol. The molecule has 0 saturated heterocycles. The molecule has 2 aromatic carbocycles. The Balaban J connectivity index is 2.15. The van der Waals surface area contributed by atoms with Gasteiger partial charge in [0, 0.05) is 5.33 Å². The number of halogens is 1. The van der Waals surface area contributed by atoms with E-state index in [2.05, 4.69) is 34.1 Å². The predicted octanol–water partition coefficient (Wildman–Crippen LogP) is 4.48. The second-order valence-corrected chi connectivity index (χ2v) is 5.60. The van der Waals surface area contributed by atoms with Gasteiger partial charge in [0.25, 0.3) is 0 Å². The van der Waals surface area contributed by atoms with Crippen LogP contribution in [0.5, 0.6) is 5.75 Å². The first-order valence-corrected chi connectivity index (χ1v) is 8.02. The van der Waals surface area contributed by atoms with Gasteiger partial charge in [-0.15, -0.1) is 0 Å². The second-order valence-electron chi connectivity index (χ2n) is 5.04. The van der Waals surface area contributed by atoms with Crippen molar-refractivity contribution >= 4 is 15.9 Å². The molecule has 0 saturated carbocycles. The van der Waals surface area contributed by atoms with Crippen molar-refractivity contribution in [2.45, 2.75) is 18.3 Å². The largest absolute Gasteiger partial charge is 0.497 e. The summed E-state index contributed by atoms with van der Waals surface area (Å²) in [6.07, 6.45) is 1.64. The molecule has 0 aromatic heterocycles. The highest BCUT2D eigenvalue weighted by molar-refractivity contribution is 9.09. The van der Waals surface area contributed by atoms with Crippen LogP contribution in [0.2, 0.25) is 0 Å². The van der Waals surface area contributed by atoms with Gasteiger partial charge in [0.15, 0.2) is 0 Å². The fourth-order valence-electron chi connectivity index (χ4n) is 2.35. The molecule has 0 heterocycles. The third kappa shape index (κ3) is 3.65. The van der Waals surface area contributed by atoms with Crippen molar-refractivity contribution in [1.29, 1.82) is 5.26 Å². The van der Waals surface area contributed by atoms with E-state index in [9.17, 15) is 5.26 Å². The van der Waals surface area contributed by atoms with Crippen molar-refractivity contribution in [1.82, 2.24) is 0 Å². The van der Waals surface area contributed by atoms with E-state index in [1.807, 2.05) is 42.5 Å². The van der Waals surface area contributed by atoms with Crippen molar-refractivity contribution in [2.24, 2.45) is 0 Å². The lowest BCUT2D eigenvalue weighted by Crippen LogP contribution is -2.26. The minimum Gasteiger partial charge on any atom is -0.497 e. The Hall–Kier alpha value is -1.79. The summed E-state index contributed by atoms with van der Waals surface area (Å²) < 4.78 is 5.17. The van der Waals surface area contributed by atoms with E-state index in [1.54, 1.807) is 7.11 Å². The number of hydrogen-bond acceptors (Lipinski definition) is 2. The Morgan fingerprint density at radius 1 is 1.10 bits per heavy atom. The van der Waals surface area contributed by atoms with Crippen LogP contribution < -0.4 is 4.74 Å². The Morgan fingerprint density at radius 2 is 1.76 bits per heavy atom. The number of hydrogen-bond donors (Lipinski definition) is 0. The average molecular weight is 344 g/mol. The zero-order chi connectivity index (χ0) is 15.1. The van der Waals surface area contributed by atoms with Gasteiger partial charge < -0.3 is 4.74 Å². The van der Waals surface area contributed by atoms with Crippen LogP contribution in [-0.2, 0) is 11.8 Å². The van der Waals surface area contributed by atoms with E-state index in [1.165, 1.54) is 5.56 Å². The van der Waals surface area contributed by atoms with Crippen LogP contribution in [0, 0.1) is 11.3 Å². The molecule has 0 radical (unpaired) electrons. The molecule has 0 aliphatic heterocycles. The molecule has 1 unspecified atom stereocenters. The summed E-state index contributed by atoms with van der Waals surface area (Å²) in [5.74, 6) is 0.855. The van der Waals surface area contributed by atoms with E-state index < -0.39 is 5.41 Å². The van der Waals surface area contributed by atoms with Gasteiger partial charge in [-0.25, -0.2) is 0 Å². The summed E-state index contributed by atoms with van der Waals surface area (Å²) in [6, 6.07) is 20.5. The van der Waals surface area contributed by atoms with E-state index in [0.717, 1.165) is 24.2 Å². The first-order valence-electron chi connectivity index (χ1n) is 6.90. The lowest BCUT2D eigenvalue weighted by Gasteiger charge is -2.25. The van der Waals surface area contributed by atoms with Gasteiger partial charge in [0.05, 0.1) is 18.6 Å². The summed E-state index contributed by atoms with van der Waals surface area (Å²) in [6.45, 7) is 0.